The van der Waals surface area contributed by atoms with Crippen LogP contribution in [0.1, 0.15) is 57.2 Å². The number of rotatable bonds is 5. The molecule has 1 unspecified atom stereocenters. The van der Waals surface area contributed by atoms with Crippen molar-refractivity contribution in [2.24, 2.45) is 11.8 Å². The van der Waals surface area contributed by atoms with E-state index in [9.17, 15) is 0 Å². The Morgan fingerprint density at radius 3 is 1.53 bits per heavy atom. The van der Waals surface area contributed by atoms with Crippen LogP contribution in [-0.4, -0.2) is 0 Å². The third-order valence-corrected chi connectivity index (χ3v) is 2.93. The zero-order valence-corrected chi connectivity index (χ0v) is 12.1. The van der Waals surface area contributed by atoms with Crippen LogP contribution in [-0.2, 0) is 12.8 Å². The molecule has 17 heavy (non-hydrogen) atoms. The summed E-state index contributed by atoms with van der Waals surface area (Å²) in [5, 5.41) is 0. The molecule has 0 aliphatic rings. The first-order valence-electron chi connectivity index (χ1n) is 6.84. The summed E-state index contributed by atoms with van der Waals surface area (Å²) in [4.78, 5) is 0. The van der Waals surface area contributed by atoms with Crippen LogP contribution in [0.25, 0.3) is 0 Å². The molecule has 0 fully saturated rings. The Labute approximate surface area is 107 Å². The normalized spacial score (nSPS) is 11.8. The predicted molar refractivity (Wildman–Crippen MR) is 77.3 cm³/mol. The fraction of sp³-hybridized carbons (Fsp3) is 0.588. The Kier molecular flexibility index (Phi) is 5.24. The molecule has 0 N–H and O–H groups in total. The van der Waals surface area contributed by atoms with Crippen LogP contribution >= 0.6 is 0 Å². The van der Waals surface area contributed by atoms with E-state index in [1.807, 2.05) is 0 Å². The van der Waals surface area contributed by atoms with E-state index in [-0.39, 0.29) is 0 Å². The van der Waals surface area contributed by atoms with E-state index in [0.717, 1.165) is 11.8 Å². The molecule has 0 spiro atoms. The van der Waals surface area contributed by atoms with Crippen molar-refractivity contribution >= 4 is 0 Å². The molecule has 0 aliphatic carbocycles. The van der Waals surface area contributed by atoms with E-state index in [1.54, 1.807) is 0 Å². The summed E-state index contributed by atoms with van der Waals surface area (Å²) in [6.45, 7) is 15.4. The largest absolute Gasteiger partial charge is 0.0625 e. The van der Waals surface area contributed by atoms with Crippen molar-refractivity contribution in [3.63, 3.8) is 0 Å². The highest BCUT2D eigenvalue weighted by Gasteiger charge is 2.07. The van der Waals surface area contributed by atoms with E-state index in [4.69, 9.17) is 0 Å². The first-order valence-corrected chi connectivity index (χ1v) is 6.84. The second-order valence-corrected chi connectivity index (χ2v) is 6.18. The summed E-state index contributed by atoms with van der Waals surface area (Å²) >= 11 is 0. The smallest absolute Gasteiger partial charge is 0.0190 e. The molecule has 1 atom stereocenters. The molecular weight excluding hydrogens is 204 g/mol. The maximum atomic E-state index is 4.15. The third kappa shape index (κ3) is 4.93. The van der Waals surface area contributed by atoms with Gasteiger partial charge < -0.3 is 0 Å². The predicted octanol–water partition coefficient (Wildman–Crippen LogP) is 5.02. The van der Waals surface area contributed by atoms with Crippen molar-refractivity contribution in [2.75, 3.05) is 0 Å². The summed E-state index contributed by atoms with van der Waals surface area (Å²) in [6, 6.07) is 7.05. The quantitative estimate of drug-likeness (QED) is 0.667. The number of hydrogen-bond acceptors (Lipinski definition) is 0. The Hall–Kier alpha value is -0.780. The van der Waals surface area contributed by atoms with Crippen LogP contribution in [0.15, 0.2) is 18.2 Å². The van der Waals surface area contributed by atoms with Gasteiger partial charge in [0.15, 0.2) is 0 Å². The molecule has 1 aromatic carbocycles. The minimum absolute atomic E-state index is 0.382. The van der Waals surface area contributed by atoms with Crippen LogP contribution in [0.3, 0.4) is 0 Å². The van der Waals surface area contributed by atoms with Crippen molar-refractivity contribution < 1.29 is 0 Å². The fourth-order valence-electron chi connectivity index (χ4n) is 2.25. The molecule has 1 aromatic rings. The zero-order valence-electron chi connectivity index (χ0n) is 12.1. The van der Waals surface area contributed by atoms with E-state index in [1.165, 1.54) is 29.5 Å². The summed E-state index contributed by atoms with van der Waals surface area (Å²) in [5.74, 6) is 1.82. The molecule has 0 nitrogen and oxygen atoms in total. The van der Waals surface area contributed by atoms with Gasteiger partial charge in [0, 0.05) is 0 Å². The molecule has 0 amide bonds. The van der Waals surface area contributed by atoms with Gasteiger partial charge in [-0.2, -0.15) is 0 Å². The van der Waals surface area contributed by atoms with Gasteiger partial charge in [-0.25, -0.2) is 0 Å². The van der Waals surface area contributed by atoms with Crippen LogP contribution in [0.4, 0.5) is 0 Å². The minimum Gasteiger partial charge on any atom is -0.0625 e. The molecule has 1 radical (unpaired) electrons. The SMILES string of the molecule is [CH2]C(C)c1cc(CC(C)C)cc(CC(C)C)c1. The highest BCUT2D eigenvalue weighted by atomic mass is 14.1. The summed E-state index contributed by atoms with van der Waals surface area (Å²) in [5.41, 5.74) is 4.34. The molecule has 95 valence electrons. The van der Waals surface area contributed by atoms with E-state index in [0.29, 0.717) is 5.92 Å². The summed E-state index contributed by atoms with van der Waals surface area (Å²) in [7, 11) is 0. The molecule has 0 saturated carbocycles. The Morgan fingerprint density at radius 1 is 0.824 bits per heavy atom. The Balaban J connectivity index is 3.00. The van der Waals surface area contributed by atoms with Crippen molar-refractivity contribution in [2.45, 2.75) is 53.4 Å². The van der Waals surface area contributed by atoms with Gasteiger partial charge in [-0.1, -0.05) is 52.8 Å². The van der Waals surface area contributed by atoms with Gasteiger partial charge in [0.2, 0.25) is 0 Å². The van der Waals surface area contributed by atoms with Crippen LogP contribution < -0.4 is 0 Å². The lowest BCUT2D eigenvalue weighted by molar-refractivity contribution is 0.634. The maximum Gasteiger partial charge on any atom is -0.0190 e. The van der Waals surface area contributed by atoms with Crippen molar-refractivity contribution in [1.82, 2.24) is 0 Å². The summed E-state index contributed by atoms with van der Waals surface area (Å²) in [6.07, 6.45) is 2.34. The topological polar surface area (TPSA) is 0 Å². The molecule has 1 rings (SSSR count). The van der Waals surface area contributed by atoms with Gasteiger partial charge in [0.1, 0.15) is 0 Å². The minimum atomic E-state index is 0.382. The van der Waals surface area contributed by atoms with E-state index in [2.05, 4.69) is 59.7 Å². The van der Waals surface area contributed by atoms with Gasteiger partial charge in [0.05, 0.1) is 0 Å². The average molecular weight is 231 g/mol. The molecular formula is C17H27. The van der Waals surface area contributed by atoms with Gasteiger partial charge in [-0.3, -0.25) is 0 Å². The van der Waals surface area contributed by atoms with Gasteiger partial charge in [-0.05, 0) is 54.2 Å². The second kappa shape index (κ2) is 6.23. The lowest BCUT2D eigenvalue weighted by Crippen LogP contribution is -2.01. The molecule has 0 aromatic heterocycles. The fourth-order valence-corrected chi connectivity index (χ4v) is 2.25. The van der Waals surface area contributed by atoms with Crippen LogP contribution in [0, 0.1) is 18.8 Å². The highest BCUT2D eigenvalue weighted by Crippen LogP contribution is 2.22. The number of hydrogen-bond donors (Lipinski definition) is 0. The van der Waals surface area contributed by atoms with Gasteiger partial charge >= 0.3 is 0 Å². The summed E-state index contributed by atoms with van der Waals surface area (Å²) < 4.78 is 0. The molecule has 0 aliphatic heterocycles. The molecule has 0 heterocycles. The van der Waals surface area contributed by atoms with Crippen LogP contribution in [0.2, 0.25) is 0 Å². The first-order chi connectivity index (χ1) is 7.88. The van der Waals surface area contributed by atoms with Crippen molar-refractivity contribution in [3.05, 3.63) is 41.8 Å². The monoisotopic (exact) mass is 231 g/mol. The van der Waals surface area contributed by atoms with Gasteiger partial charge in [-0.15, -0.1) is 0 Å². The zero-order chi connectivity index (χ0) is 13.0. The number of benzene rings is 1. The second-order valence-electron chi connectivity index (χ2n) is 6.18. The van der Waals surface area contributed by atoms with E-state index >= 15 is 0 Å². The molecule has 0 bridgehead atoms. The Morgan fingerprint density at radius 2 is 1.24 bits per heavy atom. The highest BCUT2D eigenvalue weighted by molar-refractivity contribution is 5.33. The first kappa shape index (κ1) is 14.3. The van der Waals surface area contributed by atoms with Crippen molar-refractivity contribution in [3.8, 4) is 0 Å². The lowest BCUT2D eigenvalue weighted by atomic mass is 9.91. The third-order valence-electron chi connectivity index (χ3n) is 2.93. The molecule has 0 saturated heterocycles. The lowest BCUT2D eigenvalue weighted by Gasteiger charge is -2.14. The Bertz CT molecular complexity index is 317. The average Bonchev–Trinajstić information content (AvgIpc) is 2.14. The standard InChI is InChI=1S/C17H27/c1-12(2)7-15-9-16(8-13(3)4)11-17(10-15)14(5)6/h9-14H,5,7-8H2,1-4,6H3. The molecule has 0 heteroatoms. The van der Waals surface area contributed by atoms with E-state index < -0.39 is 0 Å². The van der Waals surface area contributed by atoms with Gasteiger partial charge in [0.25, 0.3) is 0 Å². The maximum absolute atomic E-state index is 4.15. The van der Waals surface area contributed by atoms with Crippen LogP contribution in [0.5, 0.6) is 0 Å². The van der Waals surface area contributed by atoms with Crippen molar-refractivity contribution in [1.29, 1.82) is 0 Å².